The van der Waals surface area contributed by atoms with E-state index in [0.717, 1.165) is 17.9 Å². The monoisotopic (exact) mass is 269 g/mol. The summed E-state index contributed by atoms with van der Waals surface area (Å²) in [5, 5.41) is 3.81. The molecule has 1 N–H and O–H groups in total. The molecule has 0 amide bonds. The van der Waals surface area contributed by atoms with Gasteiger partial charge in [0.15, 0.2) is 0 Å². The average molecular weight is 269 g/mol. The molecule has 0 bridgehead atoms. The van der Waals surface area contributed by atoms with E-state index < -0.39 is 0 Å². The van der Waals surface area contributed by atoms with Crippen LogP contribution in [-0.4, -0.2) is 6.04 Å². The van der Waals surface area contributed by atoms with Gasteiger partial charge in [0.05, 0.1) is 0 Å². The number of rotatable bonds is 1. The van der Waals surface area contributed by atoms with Gasteiger partial charge in [-0.15, -0.1) is 0 Å². The fourth-order valence-electron chi connectivity index (χ4n) is 5.13. The summed E-state index contributed by atoms with van der Waals surface area (Å²) >= 11 is 0. The second-order valence-corrected chi connectivity index (χ2v) is 7.62. The molecule has 0 saturated heterocycles. The molecule has 0 aromatic heterocycles. The van der Waals surface area contributed by atoms with Crippen molar-refractivity contribution in [3.8, 4) is 0 Å². The Hall–Kier alpha value is -0.980. The van der Waals surface area contributed by atoms with E-state index in [2.05, 4.69) is 36.5 Å². The number of nitrogens with one attached hydrogen (secondary N) is 1. The summed E-state index contributed by atoms with van der Waals surface area (Å²) in [6.07, 6.45) is 20.4. The summed E-state index contributed by atoms with van der Waals surface area (Å²) in [5.41, 5.74) is 3.82. The zero-order valence-electron chi connectivity index (χ0n) is 12.7. The number of hydrogen-bond donors (Lipinski definition) is 1. The summed E-state index contributed by atoms with van der Waals surface area (Å²) in [4.78, 5) is 0. The van der Waals surface area contributed by atoms with Crippen LogP contribution in [0.15, 0.2) is 35.6 Å². The lowest BCUT2D eigenvalue weighted by molar-refractivity contribution is 0.0957. The van der Waals surface area contributed by atoms with Crippen molar-refractivity contribution < 1.29 is 0 Å². The van der Waals surface area contributed by atoms with Crippen molar-refractivity contribution in [2.75, 3.05) is 0 Å². The summed E-state index contributed by atoms with van der Waals surface area (Å²) in [6.45, 7) is 2.56. The lowest BCUT2D eigenvalue weighted by atomic mass is 9.61. The molecule has 1 heteroatoms. The van der Waals surface area contributed by atoms with Crippen molar-refractivity contribution in [3.05, 3.63) is 35.6 Å². The molecule has 4 rings (SSSR count). The summed E-state index contributed by atoms with van der Waals surface area (Å²) in [7, 11) is 0. The van der Waals surface area contributed by atoms with Crippen LogP contribution < -0.4 is 5.32 Å². The molecule has 108 valence electrons. The highest BCUT2D eigenvalue weighted by molar-refractivity contribution is 5.36. The molecule has 4 aliphatic rings. The number of fused-ring (bicyclic) bond motifs is 2. The highest BCUT2D eigenvalue weighted by atomic mass is 15.0. The summed E-state index contributed by atoms with van der Waals surface area (Å²) in [5.74, 6) is 1.78. The van der Waals surface area contributed by atoms with Gasteiger partial charge in [0.25, 0.3) is 0 Å². The lowest BCUT2D eigenvalue weighted by Gasteiger charge is -2.44. The third-order valence-corrected chi connectivity index (χ3v) is 6.47. The molecule has 0 aromatic rings. The van der Waals surface area contributed by atoms with Crippen molar-refractivity contribution in [3.63, 3.8) is 0 Å². The van der Waals surface area contributed by atoms with Crippen LogP contribution in [0.5, 0.6) is 0 Å². The molecule has 1 aliphatic heterocycles. The molecular formula is C19H27N. The van der Waals surface area contributed by atoms with Crippen LogP contribution in [0.25, 0.3) is 0 Å². The third kappa shape index (κ3) is 1.98. The average Bonchev–Trinajstić information content (AvgIpc) is 2.86. The minimum absolute atomic E-state index is 0.577. The molecule has 20 heavy (non-hydrogen) atoms. The Labute approximate surface area is 123 Å². The Morgan fingerprint density at radius 3 is 2.95 bits per heavy atom. The van der Waals surface area contributed by atoms with E-state index in [9.17, 15) is 0 Å². The van der Waals surface area contributed by atoms with Crippen molar-refractivity contribution in [1.82, 2.24) is 5.32 Å². The number of allylic oxidation sites excluding steroid dienone is 4. The van der Waals surface area contributed by atoms with Crippen LogP contribution in [0.3, 0.4) is 0 Å². The van der Waals surface area contributed by atoms with E-state index in [1.807, 2.05) is 0 Å². The van der Waals surface area contributed by atoms with E-state index in [0.29, 0.717) is 5.41 Å². The van der Waals surface area contributed by atoms with E-state index >= 15 is 0 Å². The van der Waals surface area contributed by atoms with Crippen molar-refractivity contribution in [1.29, 1.82) is 0 Å². The molecular weight excluding hydrogens is 242 g/mol. The van der Waals surface area contributed by atoms with Gasteiger partial charge in [-0.05, 0) is 74.3 Å². The van der Waals surface area contributed by atoms with Gasteiger partial charge in [0.1, 0.15) is 0 Å². The minimum Gasteiger partial charge on any atom is -0.382 e. The first-order valence-corrected chi connectivity index (χ1v) is 8.57. The standard InChI is InChI=1S/C19H27N/c1-19(11-5-2-6-12-19)14-9-10-18-16(13-14)15-7-3-4-8-17(15)20-18/h2,4-5,8,14,16,18,20H,3,6-7,9-13H2,1H3/t14-,16?,18?,19?/m0/s1. The SMILES string of the molecule is CC1([C@H]2CCC3NC4=C(CCC=C4)C3C2)CC=CCC1. The van der Waals surface area contributed by atoms with Gasteiger partial charge >= 0.3 is 0 Å². The zero-order chi connectivity index (χ0) is 13.6. The highest BCUT2D eigenvalue weighted by Crippen LogP contribution is 2.51. The maximum Gasteiger partial charge on any atom is 0.0334 e. The quantitative estimate of drug-likeness (QED) is 0.679. The normalized spacial score (nSPS) is 43.1. The molecule has 4 atom stereocenters. The maximum atomic E-state index is 3.81. The first kappa shape index (κ1) is 12.7. The largest absolute Gasteiger partial charge is 0.382 e. The molecule has 1 saturated carbocycles. The molecule has 0 aromatic carbocycles. The molecule has 3 unspecified atom stereocenters. The number of hydrogen-bond acceptors (Lipinski definition) is 1. The van der Waals surface area contributed by atoms with Crippen LogP contribution in [0, 0.1) is 17.3 Å². The second kappa shape index (κ2) is 4.79. The first-order valence-electron chi connectivity index (χ1n) is 8.57. The summed E-state index contributed by atoms with van der Waals surface area (Å²) in [6, 6.07) is 0.752. The minimum atomic E-state index is 0.577. The summed E-state index contributed by atoms with van der Waals surface area (Å²) < 4.78 is 0. The molecule has 1 nitrogen and oxygen atoms in total. The Morgan fingerprint density at radius 1 is 1.15 bits per heavy atom. The Balaban J connectivity index is 1.54. The molecule has 1 heterocycles. The van der Waals surface area contributed by atoms with Gasteiger partial charge in [-0.3, -0.25) is 0 Å². The van der Waals surface area contributed by atoms with Crippen molar-refractivity contribution in [2.45, 2.75) is 64.3 Å². The van der Waals surface area contributed by atoms with E-state index in [4.69, 9.17) is 0 Å². The predicted molar refractivity (Wildman–Crippen MR) is 84.3 cm³/mol. The zero-order valence-corrected chi connectivity index (χ0v) is 12.7. The lowest BCUT2D eigenvalue weighted by Crippen LogP contribution is -2.40. The van der Waals surface area contributed by atoms with Crippen LogP contribution in [-0.2, 0) is 0 Å². The van der Waals surface area contributed by atoms with Crippen LogP contribution in [0.2, 0.25) is 0 Å². The predicted octanol–water partition coefficient (Wildman–Crippen LogP) is 4.73. The van der Waals surface area contributed by atoms with Gasteiger partial charge in [0.2, 0.25) is 0 Å². The first-order chi connectivity index (χ1) is 9.76. The van der Waals surface area contributed by atoms with Crippen LogP contribution in [0.1, 0.15) is 58.3 Å². The van der Waals surface area contributed by atoms with E-state index in [-0.39, 0.29) is 0 Å². The van der Waals surface area contributed by atoms with Gasteiger partial charge in [0, 0.05) is 17.7 Å². The third-order valence-electron chi connectivity index (χ3n) is 6.47. The van der Waals surface area contributed by atoms with E-state index in [1.165, 1.54) is 57.1 Å². The highest BCUT2D eigenvalue weighted by Gasteiger charge is 2.44. The Kier molecular flexibility index (Phi) is 3.05. The van der Waals surface area contributed by atoms with Crippen molar-refractivity contribution >= 4 is 0 Å². The second-order valence-electron chi connectivity index (χ2n) is 7.62. The van der Waals surface area contributed by atoms with Crippen molar-refractivity contribution in [2.24, 2.45) is 17.3 Å². The smallest absolute Gasteiger partial charge is 0.0334 e. The van der Waals surface area contributed by atoms with E-state index in [1.54, 1.807) is 5.57 Å². The Bertz CT molecular complexity index is 484. The fraction of sp³-hybridized carbons (Fsp3) is 0.684. The topological polar surface area (TPSA) is 12.0 Å². The molecule has 1 fully saturated rings. The maximum absolute atomic E-state index is 3.81. The van der Waals surface area contributed by atoms with Gasteiger partial charge in [-0.1, -0.05) is 25.2 Å². The van der Waals surface area contributed by atoms with Gasteiger partial charge in [-0.25, -0.2) is 0 Å². The fourth-order valence-corrected chi connectivity index (χ4v) is 5.13. The van der Waals surface area contributed by atoms with Crippen LogP contribution >= 0.6 is 0 Å². The van der Waals surface area contributed by atoms with Gasteiger partial charge < -0.3 is 5.32 Å². The Morgan fingerprint density at radius 2 is 2.10 bits per heavy atom. The van der Waals surface area contributed by atoms with Gasteiger partial charge in [-0.2, -0.15) is 0 Å². The molecule has 3 aliphatic carbocycles. The van der Waals surface area contributed by atoms with Crippen LogP contribution in [0.4, 0.5) is 0 Å². The molecule has 0 spiro atoms. The molecule has 0 radical (unpaired) electrons.